The predicted molar refractivity (Wildman–Crippen MR) is 82.5 cm³/mol. The molecule has 0 aliphatic heterocycles. The van der Waals surface area contributed by atoms with Crippen molar-refractivity contribution in [3.05, 3.63) is 24.3 Å². The van der Waals surface area contributed by atoms with Crippen LogP contribution >= 0.6 is 0 Å². The molecule has 22 heavy (non-hydrogen) atoms. The van der Waals surface area contributed by atoms with E-state index in [1.807, 2.05) is 0 Å². The topological polar surface area (TPSA) is 96.5 Å². The van der Waals surface area contributed by atoms with Crippen molar-refractivity contribution in [1.29, 1.82) is 0 Å². The molecule has 0 heterocycles. The smallest absolute Gasteiger partial charge is 0.258 e. The third-order valence-corrected chi connectivity index (χ3v) is 2.68. The Bertz CT molecular complexity index is 545. The Morgan fingerprint density at radius 1 is 1.23 bits per heavy atom. The number of carbonyl (C=O) groups excluding carboxylic acids is 3. The summed E-state index contributed by atoms with van der Waals surface area (Å²) in [4.78, 5) is 34.4. The first-order chi connectivity index (χ1) is 10.4. The highest BCUT2D eigenvalue weighted by Crippen LogP contribution is 2.23. The highest BCUT2D eigenvalue weighted by molar-refractivity contribution is 5.90. The summed E-state index contributed by atoms with van der Waals surface area (Å²) in [5.41, 5.74) is 0.486. The van der Waals surface area contributed by atoms with Crippen LogP contribution in [0.2, 0.25) is 0 Å². The van der Waals surface area contributed by atoms with Crippen molar-refractivity contribution < 1.29 is 19.1 Å². The minimum atomic E-state index is -0.637. The number of nitrogens with one attached hydrogen (secondary N) is 3. The van der Waals surface area contributed by atoms with Crippen LogP contribution in [-0.2, 0) is 14.4 Å². The summed E-state index contributed by atoms with van der Waals surface area (Å²) >= 11 is 0. The number of carbonyl (C=O) groups is 3. The number of amides is 3. The van der Waals surface area contributed by atoms with Gasteiger partial charge in [-0.1, -0.05) is 12.1 Å². The summed E-state index contributed by atoms with van der Waals surface area (Å²) < 4.78 is 5.38. The SMILES string of the molecule is CCNC(=O)[C@@H](C)NC(=O)COc1ccccc1NC(C)=O. The van der Waals surface area contributed by atoms with Crippen LogP contribution in [0, 0.1) is 0 Å². The fourth-order valence-corrected chi connectivity index (χ4v) is 1.70. The molecule has 0 saturated carbocycles. The number of rotatable bonds is 7. The lowest BCUT2D eigenvalue weighted by Crippen LogP contribution is -2.46. The van der Waals surface area contributed by atoms with Gasteiger partial charge in [-0.2, -0.15) is 0 Å². The van der Waals surface area contributed by atoms with E-state index < -0.39 is 11.9 Å². The quantitative estimate of drug-likeness (QED) is 0.689. The number of hydrogen-bond donors (Lipinski definition) is 3. The zero-order valence-corrected chi connectivity index (χ0v) is 12.9. The average molecular weight is 307 g/mol. The molecule has 0 aliphatic rings. The van der Waals surface area contributed by atoms with Crippen molar-refractivity contribution in [1.82, 2.24) is 10.6 Å². The van der Waals surface area contributed by atoms with Crippen molar-refractivity contribution in [2.75, 3.05) is 18.5 Å². The van der Waals surface area contributed by atoms with Gasteiger partial charge in [-0.15, -0.1) is 0 Å². The van der Waals surface area contributed by atoms with Crippen molar-refractivity contribution in [2.24, 2.45) is 0 Å². The van der Waals surface area contributed by atoms with Crippen LogP contribution < -0.4 is 20.7 Å². The number of hydrogen-bond acceptors (Lipinski definition) is 4. The van der Waals surface area contributed by atoms with E-state index in [4.69, 9.17) is 4.74 Å². The van der Waals surface area contributed by atoms with Gasteiger partial charge in [0.25, 0.3) is 5.91 Å². The molecular formula is C15H21N3O4. The number of likely N-dealkylation sites (N-methyl/N-ethyl adjacent to an activating group) is 1. The second-order valence-electron chi connectivity index (χ2n) is 4.65. The molecule has 1 aromatic carbocycles. The normalized spacial score (nSPS) is 11.2. The van der Waals surface area contributed by atoms with Crippen LogP contribution in [0.3, 0.4) is 0 Å². The molecule has 1 aromatic rings. The molecular weight excluding hydrogens is 286 g/mol. The second kappa shape index (κ2) is 8.66. The van der Waals surface area contributed by atoms with Gasteiger partial charge in [-0.05, 0) is 26.0 Å². The van der Waals surface area contributed by atoms with Gasteiger partial charge in [0.15, 0.2) is 6.61 Å². The molecule has 0 unspecified atom stereocenters. The van der Waals surface area contributed by atoms with Gasteiger partial charge in [0.2, 0.25) is 11.8 Å². The highest BCUT2D eigenvalue weighted by atomic mass is 16.5. The van der Waals surface area contributed by atoms with Gasteiger partial charge >= 0.3 is 0 Å². The lowest BCUT2D eigenvalue weighted by molar-refractivity contribution is -0.129. The Kier molecular flexibility index (Phi) is 6.88. The van der Waals surface area contributed by atoms with Crippen molar-refractivity contribution in [3.8, 4) is 5.75 Å². The summed E-state index contributed by atoms with van der Waals surface area (Å²) in [7, 11) is 0. The fourth-order valence-electron chi connectivity index (χ4n) is 1.70. The van der Waals surface area contributed by atoms with Crippen molar-refractivity contribution >= 4 is 23.4 Å². The molecule has 7 heteroatoms. The Morgan fingerprint density at radius 2 is 1.91 bits per heavy atom. The van der Waals surface area contributed by atoms with Crippen LogP contribution in [0.25, 0.3) is 0 Å². The monoisotopic (exact) mass is 307 g/mol. The third-order valence-electron chi connectivity index (χ3n) is 2.68. The molecule has 1 rings (SSSR count). The van der Waals surface area contributed by atoms with E-state index in [1.54, 1.807) is 38.1 Å². The standard InChI is InChI=1S/C15H21N3O4/c1-4-16-15(21)10(2)17-14(20)9-22-13-8-6-5-7-12(13)18-11(3)19/h5-8,10H,4,9H2,1-3H3,(H,16,21)(H,17,20)(H,18,19)/t10-/m1/s1. The molecule has 3 amide bonds. The molecule has 0 aliphatic carbocycles. The van der Waals surface area contributed by atoms with E-state index in [0.29, 0.717) is 18.0 Å². The molecule has 0 bridgehead atoms. The summed E-state index contributed by atoms with van der Waals surface area (Å²) in [5, 5.41) is 7.76. The third kappa shape index (κ3) is 5.82. The van der Waals surface area contributed by atoms with Gasteiger partial charge in [-0.3, -0.25) is 14.4 Å². The molecule has 1 atom stereocenters. The Labute approximate surface area is 129 Å². The number of ether oxygens (including phenoxy) is 1. The van der Waals surface area contributed by atoms with Gasteiger partial charge in [0, 0.05) is 13.5 Å². The van der Waals surface area contributed by atoms with Crippen LogP contribution in [0.15, 0.2) is 24.3 Å². The minimum Gasteiger partial charge on any atom is -0.482 e. The van der Waals surface area contributed by atoms with E-state index in [1.165, 1.54) is 6.92 Å². The second-order valence-corrected chi connectivity index (χ2v) is 4.65. The first kappa shape index (κ1) is 17.5. The van der Waals surface area contributed by atoms with Crippen LogP contribution in [0.4, 0.5) is 5.69 Å². The molecule has 0 saturated heterocycles. The van der Waals surface area contributed by atoms with E-state index >= 15 is 0 Å². The minimum absolute atomic E-state index is 0.231. The molecule has 0 fully saturated rings. The molecule has 3 N–H and O–H groups in total. The lowest BCUT2D eigenvalue weighted by atomic mass is 10.3. The van der Waals surface area contributed by atoms with Crippen molar-refractivity contribution in [2.45, 2.75) is 26.8 Å². The summed E-state index contributed by atoms with van der Waals surface area (Å²) in [6.45, 7) is 5.03. The largest absolute Gasteiger partial charge is 0.482 e. The number of benzene rings is 1. The molecule has 7 nitrogen and oxygen atoms in total. The lowest BCUT2D eigenvalue weighted by Gasteiger charge is -2.15. The molecule has 0 aromatic heterocycles. The molecule has 120 valence electrons. The van der Waals surface area contributed by atoms with Crippen LogP contribution in [0.1, 0.15) is 20.8 Å². The first-order valence-electron chi connectivity index (χ1n) is 7.00. The zero-order valence-electron chi connectivity index (χ0n) is 12.9. The Hall–Kier alpha value is -2.57. The molecule has 0 spiro atoms. The maximum Gasteiger partial charge on any atom is 0.258 e. The average Bonchev–Trinajstić information content (AvgIpc) is 2.46. The fraction of sp³-hybridized carbons (Fsp3) is 0.400. The summed E-state index contributed by atoms with van der Waals surface area (Å²) in [6, 6.07) is 6.16. The first-order valence-corrected chi connectivity index (χ1v) is 7.00. The van der Waals surface area contributed by atoms with Gasteiger partial charge < -0.3 is 20.7 Å². The zero-order chi connectivity index (χ0) is 16.5. The van der Waals surface area contributed by atoms with Gasteiger partial charge in [0.05, 0.1) is 5.69 Å². The Balaban J connectivity index is 2.54. The Morgan fingerprint density at radius 3 is 2.55 bits per heavy atom. The van der Waals surface area contributed by atoms with E-state index in [0.717, 1.165) is 0 Å². The predicted octanol–water partition coefficient (Wildman–Crippen LogP) is 0.665. The summed E-state index contributed by atoms with van der Waals surface area (Å²) in [6.07, 6.45) is 0. The molecule has 0 radical (unpaired) electrons. The van der Waals surface area contributed by atoms with Gasteiger partial charge in [-0.25, -0.2) is 0 Å². The van der Waals surface area contributed by atoms with Crippen molar-refractivity contribution in [3.63, 3.8) is 0 Å². The van der Waals surface area contributed by atoms with E-state index in [9.17, 15) is 14.4 Å². The number of anilines is 1. The van der Waals surface area contributed by atoms with Crippen LogP contribution in [0.5, 0.6) is 5.75 Å². The maximum atomic E-state index is 11.8. The number of para-hydroxylation sites is 2. The summed E-state index contributed by atoms with van der Waals surface area (Å²) in [5.74, 6) is -0.519. The van der Waals surface area contributed by atoms with E-state index in [-0.39, 0.29) is 18.4 Å². The highest BCUT2D eigenvalue weighted by Gasteiger charge is 2.15. The van der Waals surface area contributed by atoms with Crippen LogP contribution in [-0.4, -0.2) is 36.9 Å². The van der Waals surface area contributed by atoms with E-state index in [2.05, 4.69) is 16.0 Å². The van der Waals surface area contributed by atoms with Gasteiger partial charge in [0.1, 0.15) is 11.8 Å². The maximum absolute atomic E-state index is 11.8.